The Hall–Kier alpha value is -3.09. The van der Waals surface area contributed by atoms with Gasteiger partial charge >= 0.3 is 0 Å². The molecule has 1 aliphatic heterocycles. The molecular formula is C21H24N2O5. The topological polar surface area (TPSA) is 81.9 Å². The smallest absolute Gasteiger partial charge is 0.273 e. The van der Waals surface area contributed by atoms with E-state index in [1.165, 1.54) is 12.1 Å². The number of benzene rings is 2. The summed E-state index contributed by atoms with van der Waals surface area (Å²) >= 11 is 0. The third-order valence-corrected chi connectivity index (χ3v) is 4.60. The maximum absolute atomic E-state index is 12.9. The number of rotatable bonds is 8. The first-order valence-corrected chi connectivity index (χ1v) is 9.41. The Bertz CT molecular complexity index is 838. The van der Waals surface area contributed by atoms with Crippen molar-refractivity contribution in [3.63, 3.8) is 0 Å². The van der Waals surface area contributed by atoms with Crippen LogP contribution in [0.4, 0.5) is 11.4 Å². The van der Waals surface area contributed by atoms with Crippen molar-refractivity contribution in [3.8, 4) is 11.5 Å². The zero-order valence-corrected chi connectivity index (χ0v) is 16.0. The summed E-state index contributed by atoms with van der Waals surface area (Å²) in [7, 11) is 0. The highest BCUT2D eigenvalue weighted by atomic mass is 16.6. The summed E-state index contributed by atoms with van der Waals surface area (Å²) in [6, 6.07) is 14.0. The lowest BCUT2D eigenvalue weighted by Crippen LogP contribution is -2.48. The van der Waals surface area contributed by atoms with Crippen molar-refractivity contribution in [2.45, 2.75) is 32.8 Å². The van der Waals surface area contributed by atoms with E-state index in [2.05, 4.69) is 0 Å². The number of hydrogen-bond donors (Lipinski definition) is 0. The molecule has 1 unspecified atom stereocenters. The summed E-state index contributed by atoms with van der Waals surface area (Å²) in [5.41, 5.74) is 0.531. The number of non-ortho nitro benzene ring substituents is 1. The molecule has 1 heterocycles. The lowest BCUT2D eigenvalue weighted by atomic mass is 10.0. The van der Waals surface area contributed by atoms with E-state index in [1.54, 1.807) is 11.0 Å². The number of nitro groups is 1. The number of nitrogens with zero attached hydrogens (tertiary/aromatic N) is 2. The van der Waals surface area contributed by atoms with E-state index in [1.807, 2.05) is 44.2 Å². The second-order valence-electron chi connectivity index (χ2n) is 7.05. The fourth-order valence-electron chi connectivity index (χ4n) is 3.12. The number of unbranched alkanes of at least 4 members (excludes halogenated alkanes) is 1. The van der Waals surface area contributed by atoms with Gasteiger partial charge in [-0.05, 0) is 37.0 Å². The SMILES string of the molecule is CC(C)C1Oc2cc([N+](=O)[O-])ccc2N(CCCCOc2ccccc2)C1=O. The van der Waals surface area contributed by atoms with Gasteiger partial charge in [0.05, 0.1) is 23.3 Å². The molecule has 0 N–H and O–H groups in total. The Morgan fingerprint density at radius 1 is 1.18 bits per heavy atom. The van der Waals surface area contributed by atoms with Gasteiger partial charge in [-0.3, -0.25) is 14.9 Å². The minimum absolute atomic E-state index is 0.0381. The molecule has 0 aromatic heterocycles. The predicted octanol–water partition coefficient (Wildman–Crippen LogP) is 4.20. The minimum atomic E-state index is -0.643. The van der Waals surface area contributed by atoms with Crippen molar-refractivity contribution >= 4 is 17.3 Å². The number of carbonyl (C=O) groups is 1. The molecule has 1 amide bonds. The molecule has 0 aliphatic carbocycles. The molecule has 148 valence electrons. The zero-order valence-electron chi connectivity index (χ0n) is 16.0. The first-order chi connectivity index (χ1) is 13.5. The number of carbonyl (C=O) groups excluding carboxylic acids is 1. The summed E-state index contributed by atoms with van der Waals surface area (Å²) in [5.74, 6) is 1.06. The Morgan fingerprint density at radius 2 is 1.93 bits per heavy atom. The summed E-state index contributed by atoms with van der Waals surface area (Å²) in [6.07, 6.45) is 0.892. The van der Waals surface area contributed by atoms with Crippen LogP contribution in [-0.2, 0) is 4.79 Å². The molecule has 0 radical (unpaired) electrons. The van der Waals surface area contributed by atoms with Crippen LogP contribution in [-0.4, -0.2) is 30.1 Å². The second-order valence-corrected chi connectivity index (χ2v) is 7.05. The lowest BCUT2D eigenvalue weighted by Gasteiger charge is -2.35. The number of fused-ring (bicyclic) bond motifs is 1. The molecule has 3 rings (SSSR count). The summed E-state index contributed by atoms with van der Waals surface area (Å²) in [6.45, 7) is 4.87. The first kappa shape index (κ1) is 19.7. The molecule has 0 bridgehead atoms. The summed E-state index contributed by atoms with van der Waals surface area (Å²) < 4.78 is 11.5. The van der Waals surface area contributed by atoms with E-state index in [-0.39, 0.29) is 17.5 Å². The van der Waals surface area contributed by atoms with Crippen molar-refractivity contribution in [2.24, 2.45) is 5.92 Å². The highest BCUT2D eigenvalue weighted by Crippen LogP contribution is 2.38. The van der Waals surface area contributed by atoms with Crippen LogP contribution in [0.2, 0.25) is 0 Å². The highest BCUT2D eigenvalue weighted by Gasteiger charge is 2.36. The van der Waals surface area contributed by atoms with Crippen LogP contribution >= 0.6 is 0 Å². The molecule has 7 heteroatoms. The zero-order chi connectivity index (χ0) is 20.1. The van der Waals surface area contributed by atoms with Crippen molar-refractivity contribution in [2.75, 3.05) is 18.1 Å². The molecule has 7 nitrogen and oxygen atoms in total. The van der Waals surface area contributed by atoms with E-state index < -0.39 is 11.0 Å². The van der Waals surface area contributed by atoms with Crippen LogP contribution in [0.1, 0.15) is 26.7 Å². The number of hydrogen-bond acceptors (Lipinski definition) is 5. The molecule has 1 aliphatic rings. The third kappa shape index (κ3) is 4.42. The monoisotopic (exact) mass is 384 g/mol. The van der Waals surface area contributed by atoms with E-state index in [9.17, 15) is 14.9 Å². The van der Waals surface area contributed by atoms with Crippen molar-refractivity contribution < 1.29 is 19.2 Å². The van der Waals surface area contributed by atoms with Gasteiger partial charge in [-0.25, -0.2) is 0 Å². The standard InChI is InChI=1S/C21H24N2O5/c1-15(2)20-21(24)22(12-6-7-13-27-17-8-4-3-5-9-17)18-11-10-16(23(25)26)14-19(18)28-20/h3-5,8-11,14-15,20H,6-7,12-13H2,1-2H3. The molecular weight excluding hydrogens is 360 g/mol. The van der Waals surface area contributed by atoms with Crippen LogP contribution in [0, 0.1) is 16.0 Å². The average molecular weight is 384 g/mol. The van der Waals surface area contributed by atoms with Crippen molar-refractivity contribution in [1.82, 2.24) is 0 Å². The second kappa shape index (κ2) is 8.73. The highest BCUT2D eigenvalue weighted by molar-refractivity contribution is 6.00. The lowest BCUT2D eigenvalue weighted by molar-refractivity contribution is -0.384. The first-order valence-electron chi connectivity index (χ1n) is 9.41. The molecule has 0 saturated heterocycles. The van der Waals surface area contributed by atoms with Gasteiger partial charge in [0.2, 0.25) is 0 Å². The van der Waals surface area contributed by atoms with E-state index >= 15 is 0 Å². The molecule has 2 aromatic carbocycles. The van der Waals surface area contributed by atoms with Crippen molar-refractivity contribution in [3.05, 3.63) is 58.6 Å². The van der Waals surface area contributed by atoms with Gasteiger partial charge in [0.25, 0.3) is 11.6 Å². The van der Waals surface area contributed by atoms with E-state index in [0.717, 1.165) is 18.6 Å². The molecule has 0 spiro atoms. The Morgan fingerprint density at radius 3 is 2.61 bits per heavy atom. The number of para-hydroxylation sites is 1. The number of amides is 1. The number of ether oxygens (including phenoxy) is 2. The normalized spacial score (nSPS) is 15.9. The number of anilines is 1. The van der Waals surface area contributed by atoms with Gasteiger partial charge in [0, 0.05) is 12.6 Å². The van der Waals surface area contributed by atoms with Gasteiger partial charge in [-0.1, -0.05) is 32.0 Å². The van der Waals surface area contributed by atoms with Gasteiger partial charge in [0.1, 0.15) is 5.75 Å². The van der Waals surface area contributed by atoms with Gasteiger partial charge in [-0.2, -0.15) is 0 Å². The maximum Gasteiger partial charge on any atom is 0.273 e. The average Bonchev–Trinajstić information content (AvgIpc) is 2.69. The van der Waals surface area contributed by atoms with Crippen molar-refractivity contribution in [1.29, 1.82) is 0 Å². The van der Waals surface area contributed by atoms with Gasteiger partial charge in [-0.15, -0.1) is 0 Å². The Labute approximate surface area is 164 Å². The molecule has 0 fully saturated rings. The Kier molecular flexibility index (Phi) is 6.13. The largest absolute Gasteiger partial charge is 0.494 e. The van der Waals surface area contributed by atoms with Crippen LogP contribution in [0.3, 0.4) is 0 Å². The van der Waals surface area contributed by atoms with Crippen LogP contribution in [0.15, 0.2) is 48.5 Å². The van der Waals surface area contributed by atoms with Crippen LogP contribution in [0.25, 0.3) is 0 Å². The molecule has 2 aromatic rings. The number of nitro benzene ring substituents is 1. The summed E-state index contributed by atoms with van der Waals surface area (Å²) in [5, 5.41) is 11.1. The van der Waals surface area contributed by atoms with Crippen LogP contribution < -0.4 is 14.4 Å². The fourth-order valence-corrected chi connectivity index (χ4v) is 3.12. The predicted molar refractivity (Wildman–Crippen MR) is 106 cm³/mol. The quantitative estimate of drug-likeness (QED) is 0.387. The van der Waals surface area contributed by atoms with E-state index in [4.69, 9.17) is 9.47 Å². The maximum atomic E-state index is 12.9. The molecule has 1 atom stereocenters. The van der Waals surface area contributed by atoms with Gasteiger partial charge in [0.15, 0.2) is 11.9 Å². The Balaban J connectivity index is 1.66. The van der Waals surface area contributed by atoms with Gasteiger partial charge < -0.3 is 14.4 Å². The summed E-state index contributed by atoms with van der Waals surface area (Å²) in [4.78, 5) is 25.1. The van der Waals surface area contributed by atoms with Crippen LogP contribution in [0.5, 0.6) is 11.5 Å². The molecule has 28 heavy (non-hydrogen) atoms. The molecule has 0 saturated carbocycles. The van der Waals surface area contributed by atoms with E-state index in [0.29, 0.717) is 24.6 Å². The minimum Gasteiger partial charge on any atom is -0.494 e. The fraction of sp³-hybridized carbons (Fsp3) is 0.381. The third-order valence-electron chi connectivity index (χ3n) is 4.60.